The highest BCUT2D eigenvalue weighted by molar-refractivity contribution is 6.09. The maximum atomic E-state index is 13.1. The number of fused-ring (bicyclic) bond motifs is 1. The first kappa shape index (κ1) is 22.3. The van der Waals surface area contributed by atoms with E-state index in [4.69, 9.17) is 0 Å². The van der Waals surface area contributed by atoms with Crippen molar-refractivity contribution in [1.82, 2.24) is 14.5 Å². The van der Waals surface area contributed by atoms with E-state index in [-0.39, 0.29) is 5.91 Å². The summed E-state index contributed by atoms with van der Waals surface area (Å²) < 4.78 is 40.7. The molecule has 35 heavy (non-hydrogen) atoms. The maximum absolute atomic E-state index is 13.1. The molecule has 0 spiro atoms. The molecule has 5 aromatic rings. The molecule has 1 amide bonds. The first-order valence-corrected chi connectivity index (χ1v) is 10.8. The van der Waals surface area contributed by atoms with Crippen molar-refractivity contribution in [3.05, 3.63) is 114 Å². The number of pyridine rings is 1. The summed E-state index contributed by atoms with van der Waals surface area (Å²) in [6.45, 7) is 0.573. The van der Waals surface area contributed by atoms with Crippen LogP contribution in [0.2, 0.25) is 0 Å². The third-order valence-corrected chi connectivity index (χ3v) is 5.63. The quantitative estimate of drug-likeness (QED) is 0.321. The van der Waals surface area contributed by atoms with Crippen molar-refractivity contribution in [2.45, 2.75) is 12.7 Å². The number of aromatic nitrogens is 3. The van der Waals surface area contributed by atoms with Gasteiger partial charge in [0.2, 0.25) is 0 Å². The van der Waals surface area contributed by atoms with Crippen molar-refractivity contribution >= 4 is 22.6 Å². The lowest BCUT2D eigenvalue weighted by Gasteiger charge is -2.12. The van der Waals surface area contributed by atoms with E-state index in [2.05, 4.69) is 15.3 Å². The van der Waals surface area contributed by atoms with Gasteiger partial charge in [0.15, 0.2) is 0 Å². The van der Waals surface area contributed by atoms with Gasteiger partial charge in [-0.15, -0.1) is 0 Å². The summed E-state index contributed by atoms with van der Waals surface area (Å²) in [4.78, 5) is 21.9. The molecule has 3 aromatic carbocycles. The van der Waals surface area contributed by atoms with Crippen LogP contribution in [0, 0.1) is 0 Å². The Morgan fingerprint density at radius 1 is 0.886 bits per heavy atom. The lowest BCUT2D eigenvalue weighted by Crippen LogP contribution is -2.13. The van der Waals surface area contributed by atoms with Crippen molar-refractivity contribution in [3.63, 3.8) is 0 Å². The van der Waals surface area contributed by atoms with E-state index >= 15 is 0 Å². The molecule has 0 saturated carbocycles. The molecule has 0 unspecified atom stereocenters. The van der Waals surface area contributed by atoms with Crippen LogP contribution in [0.15, 0.2) is 97.5 Å². The highest BCUT2D eigenvalue weighted by Gasteiger charge is 2.30. The van der Waals surface area contributed by atoms with Crippen LogP contribution in [0.25, 0.3) is 22.2 Å². The molecule has 2 aromatic heterocycles. The van der Waals surface area contributed by atoms with Crippen LogP contribution in [-0.4, -0.2) is 20.4 Å². The number of nitrogens with one attached hydrogen (secondary N) is 1. The number of anilines is 1. The number of alkyl halides is 3. The van der Waals surface area contributed by atoms with Gasteiger partial charge in [-0.1, -0.05) is 36.4 Å². The average molecular weight is 472 g/mol. The van der Waals surface area contributed by atoms with E-state index in [0.717, 1.165) is 28.9 Å². The number of rotatable bonds is 5. The smallest absolute Gasteiger partial charge is 0.324 e. The molecule has 0 radical (unpaired) electrons. The van der Waals surface area contributed by atoms with Gasteiger partial charge in [0.1, 0.15) is 0 Å². The molecule has 0 aliphatic carbocycles. The van der Waals surface area contributed by atoms with E-state index in [9.17, 15) is 18.0 Å². The van der Waals surface area contributed by atoms with Crippen LogP contribution in [0.4, 0.5) is 18.9 Å². The number of hydrogen-bond donors (Lipinski definition) is 1. The fourth-order valence-corrected chi connectivity index (χ4v) is 3.90. The number of amides is 1. The Bertz CT molecular complexity index is 1490. The Kier molecular flexibility index (Phi) is 5.78. The number of imidazole rings is 1. The number of halogens is 3. The summed E-state index contributed by atoms with van der Waals surface area (Å²) in [5.41, 5.74) is 3.77. The van der Waals surface area contributed by atoms with E-state index in [1.807, 2.05) is 28.8 Å². The Balaban J connectivity index is 1.38. The molecular formula is C27H19F3N4O. The Morgan fingerprint density at radius 2 is 1.66 bits per heavy atom. The highest BCUT2D eigenvalue weighted by Crippen LogP contribution is 2.32. The maximum Gasteiger partial charge on any atom is 0.416 e. The Hall–Kier alpha value is -4.46. The monoisotopic (exact) mass is 472 g/mol. The summed E-state index contributed by atoms with van der Waals surface area (Å²) in [5.74, 6) is -0.368. The van der Waals surface area contributed by atoms with E-state index in [1.165, 1.54) is 12.1 Å². The van der Waals surface area contributed by atoms with Crippen LogP contribution >= 0.6 is 0 Å². The first-order valence-electron chi connectivity index (χ1n) is 10.8. The van der Waals surface area contributed by atoms with Crippen molar-refractivity contribution in [3.8, 4) is 11.1 Å². The van der Waals surface area contributed by atoms with Crippen LogP contribution in [-0.2, 0) is 12.7 Å². The highest BCUT2D eigenvalue weighted by atomic mass is 19.4. The SMILES string of the molecule is O=C(Nc1ccc2c(c1)ncn2Cc1ccccn1)c1ccccc1-c1ccc(C(F)(F)F)cc1. The number of benzene rings is 3. The molecular weight excluding hydrogens is 453 g/mol. The van der Waals surface area contributed by atoms with Crippen molar-refractivity contribution in [1.29, 1.82) is 0 Å². The zero-order chi connectivity index (χ0) is 24.4. The standard InChI is InChI=1S/C27H19F3N4O/c28-27(29,30)19-10-8-18(9-11-19)22-6-1-2-7-23(22)26(35)33-20-12-13-25-24(15-20)32-17-34(25)16-21-5-3-4-14-31-21/h1-15,17H,16H2,(H,33,35). The minimum absolute atomic E-state index is 0.355. The van der Waals surface area contributed by atoms with Crippen LogP contribution in [0.5, 0.6) is 0 Å². The fourth-order valence-electron chi connectivity index (χ4n) is 3.90. The van der Waals surface area contributed by atoms with Gasteiger partial charge in [0, 0.05) is 17.4 Å². The predicted molar refractivity (Wildman–Crippen MR) is 128 cm³/mol. The van der Waals surface area contributed by atoms with E-state index < -0.39 is 11.7 Å². The molecule has 0 saturated heterocycles. The van der Waals surface area contributed by atoms with E-state index in [0.29, 0.717) is 28.9 Å². The number of hydrogen-bond acceptors (Lipinski definition) is 3. The van der Waals surface area contributed by atoms with E-state index in [1.54, 1.807) is 48.9 Å². The van der Waals surface area contributed by atoms with Gasteiger partial charge in [-0.2, -0.15) is 13.2 Å². The molecule has 5 rings (SSSR count). The molecule has 5 nitrogen and oxygen atoms in total. The lowest BCUT2D eigenvalue weighted by molar-refractivity contribution is -0.137. The molecule has 8 heteroatoms. The second-order valence-electron chi connectivity index (χ2n) is 7.97. The number of carbonyl (C=O) groups is 1. The molecule has 0 fully saturated rings. The van der Waals surface area contributed by atoms with Gasteiger partial charge in [0.25, 0.3) is 5.91 Å². The number of nitrogens with zero attached hydrogens (tertiary/aromatic N) is 3. The zero-order valence-corrected chi connectivity index (χ0v) is 18.3. The summed E-state index contributed by atoms with van der Waals surface area (Å²) >= 11 is 0. The topological polar surface area (TPSA) is 59.8 Å². The molecule has 0 bridgehead atoms. The third kappa shape index (κ3) is 4.77. The summed E-state index contributed by atoms with van der Waals surface area (Å²) in [6, 6.07) is 22.7. The van der Waals surface area contributed by atoms with Crippen molar-refractivity contribution in [2.75, 3.05) is 5.32 Å². The van der Waals surface area contributed by atoms with Crippen LogP contribution in [0.3, 0.4) is 0 Å². The number of carbonyl (C=O) groups excluding carboxylic acids is 1. The van der Waals surface area contributed by atoms with Crippen LogP contribution in [0.1, 0.15) is 21.6 Å². The molecule has 2 heterocycles. The minimum Gasteiger partial charge on any atom is -0.324 e. The van der Waals surface area contributed by atoms with Gasteiger partial charge >= 0.3 is 6.18 Å². The second-order valence-corrected chi connectivity index (χ2v) is 7.97. The van der Waals surface area contributed by atoms with Gasteiger partial charge < -0.3 is 9.88 Å². The van der Waals surface area contributed by atoms with Gasteiger partial charge in [-0.3, -0.25) is 9.78 Å². The summed E-state index contributed by atoms with van der Waals surface area (Å²) in [5, 5.41) is 2.87. The van der Waals surface area contributed by atoms with Gasteiger partial charge in [0.05, 0.1) is 35.2 Å². The second kappa shape index (κ2) is 9.06. The van der Waals surface area contributed by atoms with Gasteiger partial charge in [-0.05, 0) is 59.7 Å². The third-order valence-electron chi connectivity index (χ3n) is 5.63. The Labute approximate surface area is 198 Å². The first-order chi connectivity index (χ1) is 16.9. The molecule has 0 aliphatic heterocycles. The average Bonchev–Trinajstić information content (AvgIpc) is 3.26. The largest absolute Gasteiger partial charge is 0.416 e. The van der Waals surface area contributed by atoms with Crippen molar-refractivity contribution < 1.29 is 18.0 Å². The van der Waals surface area contributed by atoms with Gasteiger partial charge in [-0.25, -0.2) is 4.98 Å². The van der Waals surface area contributed by atoms with Crippen molar-refractivity contribution in [2.24, 2.45) is 0 Å². The fraction of sp³-hybridized carbons (Fsp3) is 0.0741. The lowest BCUT2D eigenvalue weighted by atomic mass is 9.98. The predicted octanol–water partition coefficient (Wildman–Crippen LogP) is 6.42. The Morgan fingerprint density at radius 3 is 2.40 bits per heavy atom. The summed E-state index contributed by atoms with van der Waals surface area (Å²) in [7, 11) is 0. The normalized spacial score (nSPS) is 11.5. The molecule has 174 valence electrons. The summed E-state index contributed by atoms with van der Waals surface area (Å²) in [6.07, 6.45) is -0.950. The van der Waals surface area contributed by atoms with Crippen LogP contribution < -0.4 is 5.32 Å². The molecule has 1 N–H and O–H groups in total. The molecule has 0 atom stereocenters. The minimum atomic E-state index is -4.42. The zero-order valence-electron chi connectivity index (χ0n) is 18.3. The molecule has 0 aliphatic rings.